The molecule has 1 fully saturated rings. The average Bonchev–Trinajstić information content (AvgIpc) is 2.60. The lowest BCUT2D eigenvalue weighted by atomic mass is 10.0. The molecule has 1 aromatic heterocycles. The molecular formula is C19H27F3N4O3. The van der Waals surface area contributed by atoms with Gasteiger partial charge in [-0.2, -0.15) is 18.2 Å². The molecule has 3 heterocycles. The summed E-state index contributed by atoms with van der Waals surface area (Å²) >= 11 is 0. The van der Waals surface area contributed by atoms with Crippen LogP contribution in [-0.2, 0) is 16.1 Å². The summed E-state index contributed by atoms with van der Waals surface area (Å²) in [6.45, 7) is 6.46. The van der Waals surface area contributed by atoms with E-state index in [4.69, 9.17) is 4.74 Å². The van der Waals surface area contributed by atoms with E-state index >= 15 is 0 Å². The molecule has 3 rings (SSSR count). The minimum Gasteiger partial charge on any atom is -0.377 e. The Balaban J connectivity index is 2.02. The molecule has 162 valence electrons. The van der Waals surface area contributed by atoms with Crippen LogP contribution in [0.15, 0.2) is 10.9 Å². The van der Waals surface area contributed by atoms with Crippen LogP contribution in [-0.4, -0.2) is 59.9 Å². The zero-order valence-electron chi connectivity index (χ0n) is 16.9. The van der Waals surface area contributed by atoms with Crippen LogP contribution >= 0.6 is 0 Å². The van der Waals surface area contributed by atoms with Gasteiger partial charge in [-0.3, -0.25) is 14.2 Å². The number of carbonyl (C=O) groups is 1. The van der Waals surface area contributed by atoms with Gasteiger partial charge in [0, 0.05) is 25.6 Å². The Hall–Kier alpha value is -2.10. The summed E-state index contributed by atoms with van der Waals surface area (Å²) < 4.78 is 47.8. The number of aromatic nitrogens is 2. The smallest absolute Gasteiger partial charge is 0.377 e. The number of morpholine rings is 1. The molecule has 1 aromatic rings. The Morgan fingerprint density at radius 2 is 2.07 bits per heavy atom. The van der Waals surface area contributed by atoms with Gasteiger partial charge in [0.05, 0.1) is 25.8 Å². The predicted octanol–water partition coefficient (Wildman–Crippen LogP) is 2.22. The van der Waals surface area contributed by atoms with E-state index in [1.54, 1.807) is 0 Å². The normalized spacial score (nSPS) is 22.7. The number of Topliss-reactive ketones (excluding diaryl/α,β-unsaturated/α-hetero) is 1. The van der Waals surface area contributed by atoms with Crippen LogP contribution in [0, 0.1) is 5.92 Å². The summed E-state index contributed by atoms with van der Waals surface area (Å²) in [7, 11) is 0. The van der Waals surface area contributed by atoms with Gasteiger partial charge in [-0.05, 0) is 19.3 Å². The minimum absolute atomic E-state index is 0.0345. The average molecular weight is 416 g/mol. The van der Waals surface area contributed by atoms with Gasteiger partial charge in [0.25, 0.3) is 5.56 Å². The van der Waals surface area contributed by atoms with Crippen molar-refractivity contribution in [1.82, 2.24) is 9.55 Å². The fourth-order valence-corrected chi connectivity index (χ4v) is 3.90. The van der Waals surface area contributed by atoms with Crippen LogP contribution in [0.5, 0.6) is 0 Å². The summed E-state index contributed by atoms with van der Waals surface area (Å²) in [5.41, 5.74) is -0.411. The Labute approximate surface area is 167 Å². The molecule has 0 radical (unpaired) electrons. The van der Waals surface area contributed by atoms with E-state index < -0.39 is 24.3 Å². The van der Waals surface area contributed by atoms with Crippen molar-refractivity contribution >= 4 is 17.5 Å². The van der Waals surface area contributed by atoms with Crippen LogP contribution in [0.4, 0.5) is 24.9 Å². The molecule has 0 spiro atoms. The number of halogens is 3. The number of anilines is 2. The molecule has 29 heavy (non-hydrogen) atoms. The standard InChI is InChI=1S/C19H27F3N4O3/c1-12(2)8-14(27)10-26-15(19(20,21)22)4-5-25-17(28)9-16(23-18(25)26)24-6-7-29-11-13(24)3/h9,12-13,15H,4-8,10-11H2,1-3H3/t13-,15+/m1/s1. The van der Waals surface area contributed by atoms with Crippen LogP contribution in [0.2, 0.25) is 0 Å². The van der Waals surface area contributed by atoms with Gasteiger partial charge < -0.3 is 14.5 Å². The van der Waals surface area contributed by atoms with Crippen molar-refractivity contribution in [3.63, 3.8) is 0 Å². The first-order valence-corrected chi connectivity index (χ1v) is 9.89. The molecular weight excluding hydrogens is 389 g/mol. The maximum atomic E-state index is 13.7. The molecule has 2 aliphatic rings. The highest BCUT2D eigenvalue weighted by Crippen LogP contribution is 2.34. The van der Waals surface area contributed by atoms with Crippen LogP contribution < -0.4 is 15.4 Å². The van der Waals surface area contributed by atoms with Crippen LogP contribution in [0.25, 0.3) is 0 Å². The zero-order valence-corrected chi connectivity index (χ0v) is 16.9. The summed E-state index contributed by atoms with van der Waals surface area (Å²) in [5, 5.41) is 0. The number of nitrogens with zero attached hydrogens (tertiary/aromatic N) is 4. The van der Waals surface area contributed by atoms with Crippen molar-refractivity contribution in [3.8, 4) is 0 Å². The third-order valence-electron chi connectivity index (χ3n) is 5.26. The number of ketones is 1. The minimum atomic E-state index is -4.52. The predicted molar refractivity (Wildman–Crippen MR) is 102 cm³/mol. The lowest BCUT2D eigenvalue weighted by molar-refractivity contribution is -0.153. The van der Waals surface area contributed by atoms with Gasteiger partial charge >= 0.3 is 6.18 Å². The Kier molecular flexibility index (Phi) is 6.21. The van der Waals surface area contributed by atoms with E-state index in [-0.39, 0.29) is 43.1 Å². The number of ether oxygens (including phenoxy) is 1. The van der Waals surface area contributed by atoms with Crippen molar-refractivity contribution in [2.45, 2.75) is 58.4 Å². The first-order valence-electron chi connectivity index (χ1n) is 9.89. The first-order chi connectivity index (χ1) is 13.6. The SMILES string of the molecule is CC(C)CC(=O)CN1c2nc(N3CCOC[C@H]3C)cc(=O)n2CC[C@H]1C(F)(F)F. The second-order valence-corrected chi connectivity index (χ2v) is 8.13. The number of hydrogen-bond donors (Lipinski definition) is 0. The second-order valence-electron chi connectivity index (χ2n) is 8.13. The molecule has 0 saturated carbocycles. The number of fused-ring (bicyclic) bond motifs is 1. The highest BCUT2D eigenvalue weighted by molar-refractivity contribution is 5.83. The number of alkyl halides is 3. The van der Waals surface area contributed by atoms with E-state index in [0.29, 0.717) is 25.6 Å². The van der Waals surface area contributed by atoms with Crippen molar-refractivity contribution < 1.29 is 22.7 Å². The molecule has 2 aliphatic heterocycles. The summed E-state index contributed by atoms with van der Waals surface area (Å²) in [6, 6.07) is -0.549. The van der Waals surface area contributed by atoms with Gasteiger partial charge in [-0.25, -0.2) is 0 Å². The molecule has 7 nitrogen and oxygen atoms in total. The van der Waals surface area contributed by atoms with Crippen molar-refractivity contribution in [1.29, 1.82) is 0 Å². The highest BCUT2D eigenvalue weighted by Gasteiger charge is 2.47. The fourth-order valence-electron chi connectivity index (χ4n) is 3.90. The molecule has 0 aliphatic carbocycles. The third kappa shape index (κ3) is 4.73. The quantitative estimate of drug-likeness (QED) is 0.733. The molecule has 0 aromatic carbocycles. The Morgan fingerprint density at radius 3 is 2.69 bits per heavy atom. The summed E-state index contributed by atoms with van der Waals surface area (Å²) in [5.74, 6) is -0.0348. The largest absolute Gasteiger partial charge is 0.408 e. The molecule has 0 amide bonds. The fraction of sp³-hybridized carbons (Fsp3) is 0.737. The van der Waals surface area contributed by atoms with E-state index in [9.17, 15) is 22.8 Å². The number of rotatable bonds is 5. The Morgan fingerprint density at radius 1 is 1.34 bits per heavy atom. The molecule has 10 heteroatoms. The lowest BCUT2D eigenvalue weighted by Crippen LogP contribution is -2.54. The third-order valence-corrected chi connectivity index (χ3v) is 5.26. The monoisotopic (exact) mass is 416 g/mol. The molecule has 0 unspecified atom stereocenters. The topological polar surface area (TPSA) is 67.7 Å². The van der Waals surface area contributed by atoms with E-state index in [2.05, 4.69) is 4.98 Å². The number of carbonyl (C=O) groups excluding carboxylic acids is 1. The second kappa shape index (κ2) is 8.33. The van der Waals surface area contributed by atoms with E-state index in [0.717, 1.165) is 4.90 Å². The lowest BCUT2D eigenvalue weighted by Gasteiger charge is -2.40. The summed E-state index contributed by atoms with van der Waals surface area (Å²) in [6.07, 6.45) is -4.64. The van der Waals surface area contributed by atoms with Crippen molar-refractivity contribution in [3.05, 3.63) is 16.4 Å². The van der Waals surface area contributed by atoms with Crippen LogP contribution in [0.3, 0.4) is 0 Å². The summed E-state index contributed by atoms with van der Waals surface area (Å²) in [4.78, 5) is 32.3. The Bertz CT molecular complexity index is 809. The van der Waals surface area contributed by atoms with Crippen molar-refractivity contribution in [2.24, 2.45) is 5.92 Å². The van der Waals surface area contributed by atoms with Gasteiger partial charge in [0.1, 0.15) is 11.9 Å². The zero-order chi connectivity index (χ0) is 21.3. The van der Waals surface area contributed by atoms with Gasteiger partial charge in [-0.1, -0.05) is 13.8 Å². The van der Waals surface area contributed by atoms with Gasteiger partial charge in [0.15, 0.2) is 5.78 Å². The maximum Gasteiger partial charge on any atom is 0.408 e. The number of hydrogen-bond acceptors (Lipinski definition) is 6. The molecule has 1 saturated heterocycles. The first kappa shape index (κ1) is 21.6. The molecule has 0 N–H and O–H groups in total. The van der Waals surface area contributed by atoms with Crippen LogP contribution in [0.1, 0.15) is 33.6 Å². The highest BCUT2D eigenvalue weighted by atomic mass is 19.4. The van der Waals surface area contributed by atoms with Gasteiger partial charge in [0.2, 0.25) is 5.95 Å². The molecule has 2 atom stereocenters. The van der Waals surface area contributed by atoms with E-state index in [1.165, 1.54) is 10.6 Å². The van der Waals surface area contributed by atoms with Gasteiger partial charge in [-0.15, -0.1) is 0 Å². The van der Waals surface area contributed by atoms with Crippen molar-refractivity contribution in [2.75, 3.05) is 36.1 Å². The molecule has 0 bridgehead atoms. The van der Waals surface area contributed by atoms with E-state index in [1.807, 2.05) is 25.7 Å². The maximum absolute atomic E-state index is 13.7.